The van der Waals surface area contributed by atoms with Gasteiger partial charge in [0.25, 0.3) is 0 Å². The monoisotopic (exact) mass is 264 g/mol. The van der Waals surface area contributed by atoms with Crippen LogP contribution in [0.2, 0.25) is 10.0 Å². The van der Waals surface area contributed by atoms with Crippen LogP contribution in [0.1, 0.15) is 0 Å². The first-order valence-corrected chi connectivity index (χ1v) is 5.60. The molecule has 0 aliphatic heterocycles. The Balaban J connectivity index is 2.22. The van der Waals surface area contributed by atoms with Crippen molar-refractivity contribution in [3.63, 3.8) is 0 Å². The summed E-state index contributed by atoms with van der Waals surface area (Å²) in [6.45, 7) is 0. The van der Waals surface area contributed by atoms with E-state index in [1.165, 1.54) is 0 Å². The number of halogens is 2. The summed E-state index contributed by atoms with van der Waals surface area (Å²) < 4.78 is 1.77. The molecule has 0 saturated carbocycles. The topological polar surface area (TPSA) is 43.6 Å². The lowest BCUT2D eigenvalue weighted by Gasteiger charge is -2.03. The van der Waals surface area contributed by atoms with Crippen LogP contribution in [-0.4, -0.2) is 19.5 Å². The molecule has 2 heterocycles. The van der Waals surface area contributed by atoms with Crippen LogP contribution in [0.15, 0.2) is 37.1 Å². The maximum atomic E-state index is 5.95. The molecule has 2 aromatic heterocycles. The van der Waals surface area contributed by atoms with E-state index in [4.69, 9.17) is 23.2 Å². The van der Waals surface area contributed by atoms with Gasteiger partial charge in [-0.1, -0.05) is 23.2 Å². The molecule has 0 aliphatic rings. The predicted octanol–water partition coefficient (Wildman–Crippen LogP) is 3.12. The van der Waals surface area contributed by atoms with Crippen LogP contribution in [0.3, 0.4) is 0 Å². The van der Waals surface area contributed by atoms with Crippen molar-refractivity contribution in [2.45, 2.75) is 0 Å². The summed E-state index contributed by atoms with van der Waals surface area (Å²) in [7, 11) is 0. The zero-order valence-electron chi connectivity index (χ0n) is 8.51. The molecule has 17 heavy (non-hydrogen) atoms. The van der Waals surface area contributed by atoms with Gasteiger partial charge in [-0.25, -0.2) is 9.97 Å². The lowest BCUT2D eigenvalue weighted by molar-refractivity contribution is 0.991. The zero-order chi connectivity index (χ0) is 11.8. The van der Waals surface area contributed by atoms with Crippen molar-refractivity contribution < 1.29 is 0 Å². The molecule has 84 valence electrons. The molecular formula is C11H6Cl2N4. The lowest BCUT2D eigenvalue weighted by Crippen LogP contribution is -1.96. The molecule has 0 radical (unpaired) electrons. The number of imidazole rings is 1. The molecule has 6 heteroatoms. The summed E-state index contributed by atoms with van der Waals surface area (Å²) in [4.78, 5) is 12.7. The second kappa shape index (κ2) is 3.98. The van der Waals surface area contributed by atoms with Gasteiger partial charge in [-0.2, -0.15) is 0 Å². The Bertz CT molecular complexity index is 679. The highest BCUT2D eigenvalue weighted by Gasteiger charge is 2.05. The number of fused-ring (bicyclic) bond motifs is 1. The van der Waals surface area contributed by atoms with E-state index in [2.05, 4.69) is 15.0 Å². The van der Waals surface area contributed by atoms with Gasteiger partial charge < -0.3 is 0 Å². The molecule has 4 nitrogen and oxygen atoms in total. The van der Waals surface area contributed by atoms with E-state index in [9.17, 15) is 0 Å². The number of hydrogen-bond donors (Lipinski definition) is 0. The quantitative estimate of drug-likeness (QED) is 0.679. The average molecular weight is 265 g/mol. The molecule has 0 spiro atoms. The fourth-order valence-electron chi connectivity index (χ4n) is 1.52. The highest BCUT2D eigenvalue weighted by molar-refractivity contribution is 6.42. The Hall–Kier alpha value is -1.65. The molecule has 0 saturated heterocycles. The first-order chi connectivity index (χ1) is 8.24. The predicted molar refractivity (Wildman–Crippen MR) is 66.7 cm³/mol. The van der Waals surface area contributed by atoms with Crippen molar-refractivity contribution in [2.75, 3.05) is 0 Å². The molecule has 3 aromatic rings. The number of nitrogens with zero attached hydrogens (tertiary/aromatic N) is 4. The van der Waals surface area contributed by atoms with Gasteiger partial charge in [0.15, 0.2) is 5.82 Å². The summed E-state index contributed by atoms with van der Waals surface area (Å²) in [6, 6.07) is 3.40. The molecule has 3 rings (SSSR count). The zero-order valence-corrected chi connectivity index (χ0v) is 10.0. The van der Waals surface area contributed by atoms with Crippen LogP contribution in [0.4, 0.5) is 0 Å². The minimum Gasteiger partial charge on any atom is -0.289 e. The number of rotatable bonds is 1. The van der Waals surface area contributed by atoms with E-state index in [0.717, 1.165) is 0 Å². The second-order valence-corrected chi connectivity index (χ2v) is 4.27. The molecule has 0 bridgehead atoms. The largest absolute Gasteiger partial charge is 0.289 e. The summed E-state index contributed by atoms with van der Waals surface area (Å²) in [6.07, 6.45) is 6.80. The van der Waals surface area contributed by atoms with E-state index in [1.807, 2.05) is 0 Å². The number of hydrogen-bond acceptors (Lipinski definition) is 3. The third-order valence-corrected chi connectivity index (χ3v) is 3.06. The summed E-state index contributed by atoms with van der Waals surface area (Å²) in [5.74, 6) is 0.688. The van der Waals surface area contributed by atoms with Crippen LogP contribution >= 0.6 is 23.2 Å². The van der Waals surface area contributed by atoms with E-state index < -0.39 is 0 Å². The Morgan fingerprint density at radius 3 is 2.53 bits per heavy atom. The van der Waals surface area contributed by atoms with Crippen molar-refractivity contribution in [3.05, 3.63) is 47.1 Å². The molecule has 0 atom stereocenters. The maximum absolute atomic E-state index is 5.95. The highest BCUT2D eigenvalue weighted by Crippen LogP contribution is 2.26. The molecule has 0 amide bonds. The van der Waals surface area contributed by atoms with Gasteiger partial charge in [0, 0.05) is 12.4 Å². The number of benzene rings is 1. The van der Waals surface area contributed by atoms with E-state index in [1.54, 1.807) is 41.6 Å². The van der Waals surface area contributed by atoms with Gasteiger partial charge in [0.2, 0.25) is 0 Å². The van der Waals surface area contributed by atoms with E-state index in [0.29, 0.717) is 26.9 Å². The maximum Gasteiger partial charge on any atom is 0.157 e. The number of aromatic nitrogens is 4. The summed E-state index contributed by atoms with van der Waals surface area (Å²) in [5, 5.41) is 0.945. The van der Waals surface area contributed by atoms with Crippen molar-refractivity contribution >= 4 is 34.2 Å². The third-order valence-electron chi connectivity index (χ3n) is 2.34. The molecule has 0 fully saturated rings. The first kappa shape index (κ1) is 10.5. The Labute approximate surface area is 107 Å². The van der Waals surface area contributed by atoms with Crippen LogP contribution in [0, 0.1) is 0 Å². The Morgan fingerprint density at radius 2 is 1.82 bits per heavy atom. The Kier molecular flexibility index (Phi) is 2.46. The first-order valence-electron chi connectivity index (χ1n) is 4.84. The van der Waals surface area contributed by atoms with Crippen molar-refractivity contribution in [3.8, 4) is 5.82 Å². The van der Waals surface area contributed by atoms with Crippen LogP contribution in [0.5, 0.6) is 0 Å². The Morgan fingerprint density at radius 1 is 1.06 bits per heavy atom. The summed E-state index contributed by atoms with van der Waals surface area (Å²) >= 11 is 11.9. The smallest absolute Gasteiger partial charge is 0.157 e. The summed E-state index contributed by atoms with van der Waals surface area (Å²) in [5.41, 5.74) is 1.41. The van der Waals surface area contributed by atoms with E-state index >= 15 is 0 Å². The van der Waals surface area contributed by atoms with Gasteiger partial charge in [0.1, 0.15) is 6.33 Å². The van der Waals surface area contributed by atoms with Gasteiger partial charge >= 0.3 is 0 Å². The van der Waals surface area contributed by atoms with Crippen molar-refractivity contribution in [1.82, 2.24) is 19.5 Å². The van der Waals surface area contributed by atoms with Crippen LogP contribution in [0.25, 0.3) is 16.9 Å². The third kappa shape index (κ3) is 1.85. The van der Waals surface area contributed by atoms with Crippen molar-refractivity contribution in [1.29, 1.82) is 0 Å². The molecule has 0 unspecified atom stereocenters. The SMILES string of the molecule is Clc1cc2ncc(-n3ccnc3)nc2cc1Cl. The normalized spacial score (nSPS) is 10.9. The molecule has 0 aliphatic carbocycles. The minimum absolute atomic E-state index is 0.469. The highest BCUT2D eigenvalue weighted by atomic mass is 35.5. The van der Waals surface area contributed by atoms with Gasteiger partial charge in [0.05, 0.1) is 27.3 Å². The van der Waals surface area contributed by atoms with Crippen LogP contribution in [-0.2, 0) is 0 Å². The fraction of sp³-hybridized carbons (Fsp3) is 0. The van der Waals surface area contributed by atoms with E-state index in [-0.39, 0.29) is 0 Å². The van der Waals surface area contributed by atoms with Gasteiger partial charge in [-0.15, -0.1) is 0 Å². The average Bonchev–Trinajstić information content (AvgIpc) is 2.83. The van der Waals surface area contributed by atoms with Gasteiger partial charge in [-0.05, 0) is 12.1 Å². The van der Waals surface area contributed by atoms with Gasteiger partial charge in [-0.3, -0.25) is 9.55 Å². The minimum atomic E-state index is 0.469. The standard InChI is InChI=1S/C11H6Cl2N4/c12-7-3-9-10(4-8(7)13)16-11(5-15-9)17-2-1-14-6-17/h1-6H. The fourth-order valence-corrected chi connectivity index (χ4v) is 1.83. The van der Waals surface area contributed by atoms with Crippen LogP contribution < -0.4 is 0 Å². The second-order valence-electron chi connectivity index (χ2n) is 3.45. The molecule has 0 N–H and O–H groups in total. The molecule has 1 aromatic carbocycles. The molecular weight excluding hydrogens is 259 g/mol. The lowest BCUT2D eigenvalue weighted by atomic mass is 10.3. The van der Waals surface area contributed by atoms with Crippen molar-refractivity contribution in [2.24, 2.45) is 0 Å².